The molecule has 0 aromatic carbocycles. The van der Waals surface area contributed by atoms with Crippen LogP contribution >= 0.6 is 0 Å². The molecule has 0 spiro atoms. The van der Waals surface area contributed by atoms with E-state index < -0.39 is 12.3 Å². The lowest BCUT2D eigenvalue weighted by Gasteiger charge is -2.52. The first-order valence-corrected chi connectivity index (χ1v) is 7.87. The van der Waals surface area contributed by atoms with E-state index in [0.717, 1.165) is 38.5 Å². The van der Waals surface area contributed by atoms with Gasteiger partial charge in [-0.2, -0.15) is 0 Å². The van der Waals surface area contributed by atoms with Crippen molar-refractivity contribution < 1.29 is 8.78 Å². The number of hydrogen-bond acceptors (Lipinski definition) is 0. The zero-order valence-corrected chi connectivity index (χ0v) is 11.6. The van der Waals surface area contributed by atoms with Gasteiger partial charge in [0.15, 0.2) is 0 Å². The molecule has 0 radical (unpaired) electrons. The predicted molar refractivity (Wildman–Crippen MR) is 69.8 cm³/mol. The summed E-state index contributed by atoms with van der Waals surface area (Å²) in [6.07, 6.45) is 4.94. The zero-order chi connectivity index (χ0) is 12.9. The number of rotatable bonds is 0. The highest BCUT2D eigenvalue weighted by molar-refractivity contribution is 4.99. The van der Waals surface area contributed by atoms with E-state index in [-0.39, 0.29) is 23.7 Å². The van der Waals surface area contributed by atoms with Gasteiger partial charge in [-0.25, -0.2) is 8.78 Å². The summed E-state index contributed by atoms with van der Waals surface area (Å²) < 4.78 is 28.7. The summed E-state index contributed by atoms with van der Waals surface area (Å²) in [5.41, 5.74) is 0. The van der Waals surface area contributed by atoms with Gasteiger partial charge in [-0.15, -0.1) is 0 Å². The number of halogens is 2. The van der Waals surface area contributed by atoms with Crippen LogP contribution in [0.1, 0.15) is 52.4 Å². The highest BCUT2D eigenvalue weighted by Gasteiger charge is 2.50. The molecule has 0 heterocycles. The Morgan fingerprint density at radius 2 is 0.889 bits per heavy atom. The lowest BCUT2D eigenvalue weighted by molar-refractivity contribution is -0.0728. The Labute approximate surface area is 110 Å². The summed E-state index contributed by atoms with van der Waals surface area (Å²) in [6, 6.07) is 0. The molecule has 2 heteroatoms. The summed E-state index contributed by atoms with van der Waals surface area (Å²) in [7, 11) is 0. The molecule has 0 aromatic heterocycles. The second-order valence-corrected chi connectivity index (χ2v) is 7.23. The average Bonchev–Trinajstić information content (AvgIpc) is 2.38. The van der Waals surface area contributed by atoms with Crippen molar-refractivity contribution in [1.82, 2.24) is 0 Å². The van der Waals surface area contributed by atoms with Gasteiger partial charge in [0.2, 0.25) is 0 Å². The van der Waals surface area contributed by atoms with Gasteiger partial charge in [0.25, 0.3) is 0 Å². The molecule has 18 heavy (non-hydrogen) atoms. The van der Waals surface area contributed by atoms with Crippen LogP contribution in [0.2, 0.25) is 0 Å². The van der Waals surface area contributed by atoms with Crippen molar-refractivity contribution in [3.8, 4) is 0 Å². The minimum absolute atomic E-state index is 0.228. The van der Waals surface area contributed by atoms with Gasteiger partial charge in [-0.3, -0.25) is 0 Å². The van der Waals surface area contributed by atoms with Crippen molar-refractivity contribution in [3.05, 3.63) is 0 Å². The molecule has 8 unspecified atom stereocenters. The third-order valence-electron chi connectivity index (χ3n) is 6.30. The molecule has 3 saturated carbocycles. The van der Waals surface area contributed by atoms with Gasteiger partial charge in [0.05, 0.1) is 0 Å². The third kappa shape index (κ3) is 1.91. The summed E-state index contributed by atoms with van der Waals surface area (Å²) in [5.74, 6) is 1.92. The molecule has 0 saturated heterocycles. The maximum Gasteiger partial charge on any atom is 0.106 e. The summed E-state index contributed by atoms with van der Waals surface area (Å²) in [6.45, 7) is 4.10. The lowest BCUT2D eigenvalue weighted by Crippen LogP contribution is -2.49. The molecule has 0 aromatic rings. The fourth-order valence-electron chi connectivity index (χ4n) is 5.17. The van der Waals surface area contributed by atoms with Gasteiger partial charge in [0.1, 0.15) is 12.3 Å². The molecule has 3 fully saturated rings. The van der Waals surface area contributed by atoms with Crippen LogP contribution in [0.3, 0.4) is 0 Å². The minimum atomic E-state index is -0.623. The van der Waals surface area contributed by atoms with Crippen molar-refractivity contribution in [1.29, 1.82) is 0 Å². The fourth-order valence-corrected chi connectivity index (χ4v) is 5.17. The van der Waals surface area contributed by atoms with Crippen LogP contribution in [0, 0.1) is 35.5 Å². The maximum atomic E-state index is 14.4. The summed E-state index contributed by atoms with van der Waals surface area (Å²) in [5, 5.41) is 0. The third-order valence-corrected chi connectivity index (χ3v) is 6.30. The van der Waals surface area contributed by atoms with E-state index in [4.69, 9.17) is 0 Å². The van der Waals surface area contributed by atoms with Crippen LogP contribution in [0.25, 0.3) is 0 Å². The number of fused-ring (bicyclic) bond motifs is 3. The Kier molecular flexibility index (Phi) is 3.40. The van der Waals surface area contributed by atoms with E-state index in [2.05, 4.69) is 0 Å². The van der Waals surface area contributed by atoms with E-state index in [1.165, 1.54) is 0 Å². The van der Waals surface area contributed by atoms with Gasteiger partial charge < -0.3 is 0 Å². The Morgan fingerprint density at radius 1 is 0.556 bits per heavy atom. The largest absolute Gasteiger partial charge is 0.247 e. The molecule has 3 rings (SSSR count). The normalized spacial score (nSPS) is 56.7. The van der Waals surface area contributed by atoms with Crippen LogP contribution in [0.15, 0.2) is 0 Å². The molecule has 104 valence electrons. The lowest BCUT2D eigenvalue weighted by atomic mass is 9.54. The Hall–Kier alpha value is -0.140. The fraction of sp³-hybridized carbons (Fsp3) is 1.00. The molecule has 0 amide bonds. The molecule has 8 atom stereocenters. The maximum absolute atomic E-state index is 14.4. The highest BCUT2D eigenvalue weighted by Crippen LogP contribution is 2.54. The second kappa shape index (κ2) is 4.76. The average molecular weight is 256 g/mol. The SMILES string of the molecule is CC1CCC2C(CCC3C(F)C(C)CCC32)C1F. The van der Waals surface area contributed by atoms with Gasteiger partial charge in [-0.05, 0) is 74.0 Å². The second-order valence-electron chi connectivity index (χ2n) is 7.23. The predicted octanol–water partition coefficient (Wildman–Crippen LogP) is 4.78. The van der Waals surface area contributed by atoms with Crippen LogP contribution < -0.4 is 0 Å². The van der Waals surface area contributed by atoms with Gasteiger partial charge in [0, 0.05) is 0 Å². The molecule has 3 aliphatic rings. The van der Waals surface area contributed by atoms with Crippen LogP contribution in [0.5, 0.6) is 0 Å². The van der Waals surface area contributed by atoms with E-state index in [1.807, 2.05) is 13.8 Å². The van der Waals surface area contributed by atoms with Crippen LogP contribution in [-0.4, -0.2) is 12.3 Å². The molecule has 3 aliphatic carbocycles. The smallest absolute Gasteiger partial charge is 0.106 e. The van der Waals surface area contributed by atoms with Gasteiger partial charge in [-0.1, -0.05) is 13.8 Å². The number of hydrogen-bond donors (Lipinski definition) is 0. The minimum Gasteiger partial charge on any atom is -0.247 e. The van der Waals surface area contributed by atoms with Crippen LogP contribution in [0.4, 0.5) is 8.78 Å². The van der Waals surface area contributed by atoms with E-state index in [9.17, 15) is 8.78 Å². The summed E-state index contributed by atoms with van der Waals surface area (Å²) >= 11 is 0. The quantitative estimate of drug-likeness (QED) is 0.585. The molecule has 0 nitrogen and oxygen atoms in total. The number of alkyl halides is 2. The van der Waals surface area contributed by atoms with Crippen LogP contribution in [-0.2, 0) is 0 Å². The first-order chi connectivity index (χ1) is 8.59. The van der Waals surface area contributed by atoms with Gasteiger partial charge >= 0.3 is 0 Å². The highest BCUT2D eigenvalue weighted by atomic mass is 19.1. The Bertz CT molecular complexity index is 273. The zero-order valence-electron chi connectivity index (χ0n) is 11.6. The first-order valence-electron chi connectivity index (χ1n) is 7.87. The molecule has 0 bridgehead atoms. The topological polar surface area (TPSA) is 0 Å². The van der Waals surface area contributed by atoms with Crippen molar-refractivity contribution in [2.75, 3.05) is 0 Å². The molecular weight excluding hydrogens is 230 g/mol. The monoisotopic (exact) mass is 256 g/mol. The Morgan fingerprint density at radius 3 is 1.28 bits per heavy atom. The molecule has 0 N–H and O–H groups in total. The van der Waals surface area contributed by atoms with Crippen molar-refractivity contribution in [2.45, 2.75) is 64.7 Å². The summed E-state index contributed by atoms with van der Waals surface area (Å²) in [4.78, 5) is 0. The molecule has 0 aliphatic heterocycles. The Balaban J connectivity index is 1.78. The molecular formula is C16H26F2. The van der Waals surface area contributed by atoms with E-state index in [1.54, 1.807) is 0 Å². The standard InChI is InChI=1S/C16H26F2/c1-9-3-5-11-12-6-4-10(2)16(18)14(12)8-7-13(11)15(9)17/h9-16H,3-8H2,1-2H3. The van der Waals surface area contributed by atoms with Crippen molar-refractivity contribution in [2.24, 2.45) is 35.5 Å². The first kappa shape index (κ1) is 12.9. The van der Waals surface area contributed by atoms with E-state index >= 15 is 0 Å². The van der Waals surface area contributed by atoms with Crippen molar-refractivity contribution in [3.63, 3.8) is 0 Å². The van der Waals surface area contributed by atoms with Crippen molar-refractivity contribution >= 4 is 0 Å². The van der Waals surface area contributed by atoms with E-state index in [0.29, 0.717) is 11.8 Å².